The third kappa shape index (κ3) is 4.57. The van der Waals surface area contributed by atoms with Gasteiger partial charge in [0.2, 0.25) is 0 Å². The number of hydrogen-bond acceptors (Lipinski definition) is 2. The molecule has 0 bridgehead atoms. The van der Waals surface area contributed by atoms with Crippen LogP contribution in [-0.2, 0) is 0 Å². The van der Waals surface area contributed by atoms with Gasteiger partial charge in [-0.15, -0.1) is 0 Å². The monoisotopic (exact) mass is 638 g/mol. The van der Waals surface area contributed by atoms with Gasteiger partial charge in [0.1, 0.15) is 6.17 Å². The van der Waals surface area contributed by atoms with Crippen LogP contribution in [0.5, 0.6) is 0 Å². The van der Waals surface area contributed by atoms with Crippen LogP contribution in [0.25, 0.3) is 76.5 Å². The maximum Gasteiger partial charge on any atom is 0.125 e. The first kappa shape index (κ1) is 28.6. The molecule has 0 radical (unpaired) electrons. The van der Waals surface area contributed by atoms with Gasteiger partial charge in [0, 0.05) is 7.05 Å². The van der Waals surface area contributed by atoms with Crippen molar-refractivity contribution in [3.05, 3.63) is 181 Å². The van der Waals surface area contributed by atoms with Crippen LogP contribution in [0.4, 0.5) is 11.4 Å². The van der Waals surface area contributed by atoms with E-state index in [4.69, 9.17) is 0 Å². The molecule has 0 aromatic heterocycles. The lowest BCUT2D eigenvalue weighted by Gasteiger charge is -2.23. The quantitative estimate of drug-likeness (QED) is 0.193. The first-order valence-electron chi connectivity index (χ1n) is 17.4. The van der Waals surface area contributed by atoms with Gasteiger partial charge in [-0.3, -0.25) is 0 Å². The number of rotatable bonds is 4. The first-order valence-corrected chi connectivity index (χ1v) is 17.4. The molecule has 1 aliphatic heterocycles. The molecule has 1 atom stereocenters. The molecule has 10 rings (SSSR count). The van der Waals surface area contributed by atoms with Crippen molar-refractivity contribution >= 4 is 54.5 Å². The molecule has 0 fully saturated rings. The summed E-state index contributed by atoms with van der Waals surface area (Å²) in [6.07, 6.45) is 0.105. The maximum absolute atomic E-state index is 3.70. The Morgan fingerprint density at radius 2 is 0.900 bits per heavy atom. The summed E-state index contributed by atoms with van der Waals surface area (Å²) in [4.78, 5) is 2.32. The topological polar surface area (TPSA) is 15.3 Å². The van der Waals surface area contributed by atoms with Crippen LogP contribution in [0.3, 0.4) is 0 Å². The predicted octanol–water partition coefficient (Wildman–Crippen LogP) is 12.9. The van der Waals surface area contributed by atoms with E-state index >= 15 is 0 Å². The molecular formula is C48H34N2. The summed E-state index contributed by atoms with van der Waals surface area (Å²) in [5, 5.41) is 13.8. The zero-order valence-corrected chi connectivity index (χ0v) is 27.8. The molecule has 2 heteroatoms. The third-order valence-electron chi connectivity index (χ3n) is 10.6. The Bertz CT molecular complexity index is 2760. The summed E-state index contributed by atoms with van der Waals surface area (Å²) in [7, 11) is 2.16. The van der Waals surface area contributed by atoms with Gasteiger partial charge < -0.3 is 10.2 Å². The highest BCUT2D eigenvalue weighted by molar-refractivity contribution is 6.22. The summed E-state index contributed by atoms with van der Waals surface area (Å²) in [6, 6.07) is 64.7. The van der Waals surface area contributed by atoms with Crippen LogP contribution in [-0.4, -0.2) is 7.05 Å². The van der Waals surface area contributed by atoms with E-state index < -0.39 is 0 Å². The SMILES string of the molecule is CN1c2ccccc2NC1c1ccc(-c2ccc3c(-c4ccc5ccccc5c4)c4ccccc4c(-c4ccc5ccccc5c4)c3c2)cc1. The fourth-order valence-corrected chi connectivity index (χ4v) is 8.12. The molecular weight excluding hydrogens is 605 g/mol. The van der Waals surface area contributed by atoms with E-state index in [1.54, 1.807) is 0 Å². The van der Waals surface area contributed by atoms with Crippen LogP contribution < -0.4 is 10.2 Å². The van der Waals surface area contributed by atoms with Crippen molar-refractivity contribution in [3.8, 4) is 33.4 Å². The summed E-state index contributed by atoms with van der Waals surface area (Å²) in [5.74, 6) is 0. The zero-order chi connectivity index (χ0) is 33.2. The number of nitrogens with one attached hydrogen (secondary N) is 1. The fraction of sp³-hybridized carbons (Fsp3) is 0.0417. The van der Waals surface area contributed by atoms with Gasteiger partial charge in [-0.25, -0.2) is 0 Å². The van der Waals surface area contributed by atoms with E-state index in [1.165, 1.54) is 93.4 Å². The molecule has 236 valence electrons. The van der Waals surface area contributed by atoms with Crippen LogP contribution in [0.15, 0.2) is 176 Å². The van der Waals surface area contributed by atoms with Gasteiger partial charge in [-0.05, 0) is 112 Å². The van der Waals surface area contributed by atoms with Gasteiger partial charge >= 0.3 is 0 Å². The minimum Gasteiger partial charge on any atom is -0.360 e. The normalized spacial score (nSPS) is 14.0. The first-order chi connectivity index (χ1) is 24.7. The lowest BCUT2D eigenvalue weighted by Crippen LogP contribution is -2.23. The minimum atomic E-state index is 0.105. The van der Waals surface area contributed by atoms with Gasteiger partial charge in [0.15, 0.2) is 0 Å². The summed E-state index contributed by atoms with van der Waals surface area (Å²) < 4.78 is 0. The highest BCUT2D eigenvalue weighted by Gasteiger charge is 2.26. The molecule has 0 amide bonds. The van der Waals surface area contributed by atoms with Crippen molar-refractivity contribution in [2.24, 2.45) is 0 Å². The van der Waals surface area contributed by atoms with E-state index in [0.29, 0.717) is 0 Å². The van der Waals surface area contributed by atoms with Crippen molar-refractivity contribution in [1.82, 2.24) is 0 Å². The number of anilines is 2. The van der Waals surface area contributed by atoms with Crippen molar-refractivity contribution in [2.45, 2.75) is 6.17 Å². The standard InChI is InChI=1S/C48H34N2/c1-50-45-17-9-8-16-44(45)49-48(50)34-22-18-33(19-23-34)37-26-27-42-43(30-37)47(39-25-21-32-11-3-5-13-36(32)29-39)41-15-7-6-14-40(41)46(42)38-24-20-31-10-2-4-12-35(31)28-38/h2-30,48-49H,1H3. The Morgan fingerprint density at radius 3 is 1.54 bits per heavy atom. The molecule has 1 heterocycles. The number of para-hydroxylation sites is 2. The van der Waals surface area contributed by atoms with Crippen LogP contribution in [0.2, 0.25) is 0 Å². The van der Waals surface area contributed by atoms with Crippen molar-refractivity contribution in [1.29, 1.82) is 0 Å². The maximum atomic E-state index is 3.70. The number of fused-ring (bicyclic) bond motifs is 5. The Kier molecular flexibility index (Phi) is 6.50. The molecule has 0 spiro atoms. The van der Waals surface area contributed by atoms with Gasteiger partial charge in [0.05, 0.1) is 11.4 Å². The van der Waals surface area contributed by atoms with Crippen LogP contribution >= 0.6 is 0 Å². The van der Waals surface area contributed by atoms with Crippen LogP contribution in [0.1, 0.15) is 11.7 Å². The Balaban J connectivity index is 1.18. The second-order valence-corrected chi connectivity index (χ2v) is 13.5. The molecule has 2 nitrogen and oxygen atoms in total. The fourth-order valence-electron chi connectivity index (χ4n) is 8.12. The average molecular weight is 639 g/mol. The molecule has 0 saturated carbocycles. The Labute approximate surface area is 291 Å². The third-order valence-corrected chi connectivity index (χ3v) is 10.6. The average Bonchev–Trinajstić information content (AvgIpc) is 3.52. The van der Waals surface area contributed by atoms with Crippen molar-refractivity contribution in [3.63, 3.8) is 0 Å². The van der Waals surface area contributed by atoms with E-state index in [0.717, 1.165) is 0 Å². The van der Waals surface area contributed by atoms with E-state index in [1.807, 2.05) is 0 Å². The van der Waals surface area contributed by atoms with Gasteiger partial charge in [-0.1, -0.05) is 146 Å². The van der Waals surface area contributed by atoms with E-state index in [-0.39, 0.29) is 6.17 Å². The molecule has 1 N–H and O–H groups in total. The second kappa shape index (κ2) is 11.4. The van der Waals surface area contributed by atoms with E-state index in [9.17, 15) is 0 Å². The minimum absolute atomic E-state index is 0.105. The second-order valence-electron chi connectivity index (χ2n) is 13.5. The van der Waals surface area contributed by atoms with Crippen molar-refractivity contribution in [2.75, 3.05) is 17.3 Å². The lowest BCUT2D eigenvalue weighted by molar-refractivity contribution is 0.792. The number of hydrogen-bond donors (Lipinski definition) is 1. The van der Waals surface area contributed by atoms with Gasteiger partial charge in [0.25, 0.3) is 0 Å². The molecule has 9 aromatic rings. The van der Waals surface area contributed by atoms with Crippen LogP contribution in [0, 0.1) is 0 Å². The molecule has 0 saturated heterocycles. The summed E-state index contributed by atoms with van der Waals surface area (Å²) in [6.45, 7) is 0. The molecule has 1 unspecified atom stereocenters. The number of nitrogens with zero attached hydrogens (tertiary/aromatic N) is 1. The number of benzene rings is 9. The summed E-state index contributed by atoms with van der Waals surface area (Å²) in [5.41, 5.74) is 11.1. The zero-order valence-electron chi connectivity index (χ0n) is 27.8. The summed E-state index contributed by atoms with van der Waals surface area (Å²) >= 11 is 0. The lowest BCUT2D eigenvalue weighted by atomic mass is 9.84. The molecule has 50 heavy (non-hydrogen) atoms. The highest BCUT2D eigenvalue weighted by atomic mass is 15.3. The molecule has 0 aliphatic carbocycles. The molecule has 9 aromatic carbocycles. The van der Waals surface area contributed by atoms with Crippen molar-refractivity contribution < 1.29 is 0 Å². The Hall–Kier alpha value is -6.38. The Morgan fingerprint density at radius 1 is 0.400 bits per heavy atom. The van der Waals surface area contributed by atoms with Gasteiger partial charge in [-0.2, -0.15) is 0 Å². The molecule has 1 aliphatic rings. The highest BCUT2D eigenvalue weighted by Crippen LogP contribution is 2.46. The van der Waals surface area contributed by atoms with E-state index in [2.05, 4.69) is 193 Å². The largest absolute Gasteiger partial charge is 0.360 e. The predicted molar refractivity (Wildman–Crippen MR) is 214 cm³/mol. The smallest absolute Gasteiger partial charge is 0.125 e.